The number of hydrogen-bond donors (Lipinski definition) is 2. The van der Waals surface area contributed by atoms with Crippen molar-refractivity contribution in [1.29, 1.82) is 0 Å². The summed E-state index contributed by atoms with van der Waals surface area (Å²) in [5.74, 6) is 0.501. The highest BCUT2D eigenvalue weighted by molar-refractivity contribution is 5.74. The Bertz CT molecular complexity index is 442. The van der Waals surface area contributed by atoms with Gasteiger partial charge in [0, 0.05) is 32.4 Å². The maximum Gasteiger partial charge on any atom is 0.315 e. The predicted octanol–water partition coefficient (Wildman–Crippen LogP) is 3.42. The van der Waals surface area contributed by atoms with Crippen molar-refractivity contribution in [2.75, 3.05) is 25.5 Å². The molecule has 0 saturated carbocycles. The van der Waals surface area contributed by atoms with Gasteiger partial charge in [0.15, 0.2) is 0 Å². The second-order valence-corrected chi connectivity index (χ2v) is 6.24. The van der Waals surface area contributed by atoms with Crippen LogP contribution in [-0.2, 0) is 6.42 Å². The van der Waals surface area contributed by atoms with Crippen molar-refractivity contribution in [3.8, 4) is 0 Å². The molecule has 2 N–H and O–H groups in total. The van der Waals surface area contributed by atoms with Gasteiger partial charge < -0.3 is 15.5 Å². The minimum atomic E-state index is -0.0595. The first-order valence-electron chi connectivity index (χ1n) is 8.24. The molecule has 0 bridgehead atoms. The highest BCUT2D eigenvalue weighted by Crippen LogP contribution is 2.13. The number of benzene rings is 1. The van der Waals surface area contributed by atoms with E-state index in [0.717, 1.165) is 19.3 Å². The smallest absolute Gasteiger partial charge is 0.315 e. The molecule has 0 spiro atoms. The summed E-state index contributed by atoms with van der Waals surface area (Å²) < 4.78 is 0. The first kappa shape index (κ1) is 18.3. The zero-order valence-electron chi connectivity index (χ0n) is 14.6. The summed E-state index contributed by atoms with van der Waals surface area (Å²) in [6.45, 7) is 7.05. The summed E-state index contributed by atoms with van der Waals surface area (Å²) in [7, 11) is 4.08. The van der Waals surface area contributed by atoms with E-state index >= 15 is 0 Å². The van der Waals surface area contributed by atoms with Crippen LogP contribution in [0, 0.1) is 5.92 Å². The van der Waals surface area contributed by atoms with Crippen molar-refractivity contribution in [2.45, 2.75) is 46.1 Å². The van der Waals surface area contributed by atoms with E-state index in [9.17, 15) is 4.79 Å². The molecule has 4 heteroatoms. The Morgan fingerprint density at radius 1 is 1.18 bits per heavy atom. The van der Waals surface area contributed by atoms with Crippen LogP contribution in [0.2, 0.25) is 0 Å². The van der Waals surface area contributed by atoms with Gasteiger partial charge in [-0.2, -0.15) is 0 Å². The van der Waals surface area contributed by atoms with E-state index in [-0.39, 0.29) is 12.1 Å². The van der Waals surface area contributed by atoms with Gasteiger partial charge in [-0.15, -0.1) is 0 Å². The summed E-state index contributed by atoms with van der Waals surface area (Å²) in [6, 6.07) is 8.72. The van der Waals surface area contributed by atoms with Crippen LogP contribution in [0.3, 0.4) is 0 Å². The number of aryl methyl sites for hydroxylation is 1. The third-order valence-corrected chi connectivity index (χ3v) is 4.24. The summed E-state index contributed by atoms with van der Waals surface area (Å²) >= 11 is 0. The number of hydrogen-bond acceptors (Lipinski definition) is 2. The molecule has 1 rings (SSSR count). The summed E-state index contributed by atoms with van der Waals surface area (Å²) in [5.41, 5.74) is 2.51. The van der Waals surface area contributed by atoms with Crippen LogP contribution >= 0.6 is 0 Å². The lowest BCUT2D eigenvalue weighted by Gasteiger charge is -2.20. The Morgan fingerprint density at radius 2 is 1.82 bits per heavy atom. The zero-order chi connectivity index (χ0) is 16.5. The number of nitrogens with one attached hydrogen (secondary N) is 2. The molecule has 22 heavy (non-hydrogen) atoms. The van der Waals surface area contributed by atoms with Crippen LogP contribution in [0.4, 0.5) is 10.5 Å². The van der Waals surface area contributed by atoms with Crippen LogP contribution in [0.25, 0.3) is 0 Å². The Kier molecular flexibility index (Phi) is 7.78. The molecule has 4 nitrogen and oxygen atoms in total. The average Bonchev–Trinajstić information content (AvgIpc) is 2.51. The quantitative estimate of drug-likeness (QED) is 0.723. The first-order chi connectivity index (χ1) is 10.4. The third kappa shape index (κ3) is 6.37. The van der Waals surface area contributed by atoms with Crippen LogP contribution in [0.15, 0.2) is 24.3 Å². The monoisotopic (exact) mass is 305 g/mol. The van der Waals surface area contributed by atoms with E-state index in [0.29, 0.717) is 12.5 Å². The topological polar surface area (TPSA) is 44.4 Å². The van der Waals surface area contributed by atoms with Crippen molar-refractivity contribution in [3.63, 3.8) is 0 Å². The van der Waals surface area contributed by atoms with Crippen molar-refractivity contribution in [2.24, 2.45) is 5.92 Å². The molecule has 0 aliphatic heterocycles. The van der Waals surface area contributed by atoms with Crippen molar-refractivity contribution >= 4 is 11.7 Å². The fourth-order valence-electron chi connectivity index (χ4n) is 2.21. The maximum atomic E-state index is 11.8. The van der Waals surface area contributed by atoms with E-state index < -0.39 is 0 Å². The number of urea groups is 1. The number of rotatable bonds is 8. The highest BCUT2D eigenvalue weighted by Gasteiger charge is 2.12. The lowest BCUT2D eigenvalue weighted by molar-refractivity contribution is 0.233. The van der Waals surface area contributed by atoms with Gasteiger partial charge in [-0.1, -0.05) is 32.4 Å². The number of anilines is 1. The minimum absolute atomic E-state index is 0.0595. The molecule has 0 saturated heterocycles. The van der Waals surface area contributed by atoms with Crippen LogP contribution in [-0.4, -0.2) is 32.7 Å². The summed E-state index contributed by atoms with van der Waals surface area (Å²) in [4.78, 5) is 13.9. The van der Waals surface area contributed by atoms with Gasteiger partial charge in [0.05, 0.1) is 0 Å². The molecular formula is C18H31N3O. The molecule has 0 heterocycles. The maximum absolute atomic E-state index is 11.8. The molecule has 2 atom stereocenters. The Balaban J connectivity index is 2.23. The molecule has 1 aromatic rings. The second kappa shape index (κ2) is 9.34. The van der Waals surface area contributed by atoms with Gasteiger partial charge in [-0.25, -0.2) is 4.79 Å². The van der Waals surface area contributed by atoms with Crippen LogP contribution in [0.5, 0.6) is 0 Å². The molecule has 0 aliphatic rings. The van der Waals surface area contributed by atoms with Crippen molar-refractivity contribution < 1.29 is 4.79 Å². The minimum Gasteiger partial charge on any atom is -0.378 e. The number of carbonyl (C=O) groups excluding carboxylic acids is 1. The molecule has 2 unspecified atom stereocenters. The number of nitrogens with zero attached hydrogens (tertiary/aromatic N) is 1. The molecule has 0 fully saturated rings. The normalized spacial score (nSPS) is 13.3. The Morgan fingerprint density at radius 3 is 2.36 bits per heavy atom. The van der Waals surface area contributed by atoms with E-state index in [1.807, 2.05) is 14.1 Å². The number of carbonyl (C=O) groups is 1. The van der Waals surface area contributed by atoms with Crippen LogP contribution < -0.4 is 15.5 Å². The fraction of sp³-hybridized carbons (Fsp3) is 0.611. The summed E-state index contributed by atoms with van der Waals surface area (Å²) in [5, 5.41) is 5.93. The van der Waals surface area contributed by atoms with Gasteiger partial charge in [-0.05, 0) is 43.4 Å². The van der Waals surface area contributed by atoms with Gasteiger partial charge in [0.2, 0.25) is 0 Å². The van der Waals surface area contributed by atoms with E-state index in [1.54, 1.807) is 0 Å². The van der Waals surface area contributed by atoms with E-state index in [2.05, 4.69) is 60.6 Å². The van der Waals surface area contributed by atoms with Crippen molar-refractivity contribution in [3.05, 3.63) is 29.8 Å². The van der Waals surface area contributed by atoms with Gasteiger partial charge >= 0.3 is 6.03 Å². The lowest BCUT2D eigenvalue weighted by atomic mass is 10.0. The Hall–Kier alpha value is -1.71. The zero-order valence-corrected chi connectivity index (χ0v) is 14.6. The highest BCUT2D eigenvalue weighted by atomic mass is 16.2. The second-order valence-electron chi connectivity index (χ2n) is 6.24. The van der Waals surface area contributed by atoms with E-state index in [4.69, 9.17) is 0 Å². The fourth-order valence-corrected chi connectivity index (χ4v) is 2.21. The third-order valence-electron chi connectivity index (χ3n) is 4.24. The molecule has 0 aromatic heterocycles. The molecule has 0 aliphatic carbocycles. The molecule has 1 aromatic carbocycles. The van der Waals surface area contributed by atoms with Crippen molar-refractivity contribution in [1.82, 2.24) is 10.6 Å². The first-order valence-corrected chi connectivity index (χ1v) is 8.24. The lowest BCUT2D eigenvalue weighted by Crippen LogP contribution is -2.43. The predicted molar refractivity (Wildman–Crippen MR) is 94.5 cm³/mol. The molecule has 124 valence electrons. The Labute approximate surface area is 135 Å². The average molecular weight is 305 g/mol. The van der Waals surface area contributed by atoms with E-state index in [1.165, 1.54) is 11.3 Å². The standard InChI is InChI=1S/C18H31N3O/c1-6-14(2)15(3)20-18(22)19-13-7-8-16-9-11-17(12-10-16)21(4)5/h9-12,14-15H,6-8,13H2,1-5H3,(H2,19,20,22). The summed E-state index contributed by atoms with van der Waals surface area (Å²) in [6.07, 6.45) is 3.01. The van der Waals surface area contributed by atoms with Crippen LogP contribution in [0.1, 0.15) is 39.2 Å². The molecular weight excluding hydrogens is 274 g/mol. The molecule has 0 radical (unpaired) electrons. The SMILES string of the molecule is CCC(C)C(C)NC(=O)NCCCc1ccc(N(C)C)cc1. The van der Waals surface area contributed by atoms with Gasteiger partial charge in [0.1, 0.15) is 0 Å². The van der Waals surface area contributed by atoms with Gasteiger partial charge in [0.25, 0.3) is 0 Å². The van der Waals surface area contributed by atoms with Gasteiger partial charge in [-0.3, -0.25) is 0 Å². The number of amides is 2. The molecule has 2 amide bonds. The largest absolute Gasteiger partial charge is 0.378 e.